The lowest BCUT2D eigenvalue weighted by molar-refractivity contribution is -0.132. The predicted molar refractivity (Wildman–Crippen MR) is 112 cm³/mol. The van der Waals surface area contributed by atoms with E-state index in [4.69, 9.17) is 4.74 Å². The Hall–Kier alpha value is -2.54. The van der Waals surface area contributed by atoms with Gasteiger partial charge in [0, 0.05) is 39.2 Å². The molecule has 3 rings (SSSR count). The van der Waals surface area contributed by atoms with Gasteiger partial charge in [-0.2, -0.15) is 0 Å². The smallest absolute Gasteiger partial charge is 0.245 e. The highest BCUT2D eigenvalue weighted by molar-refractivity contribution is 5.86. The topological polar surface area (TPSA) is 73.9 Å². The molecule has 7 nitrogen and oxygen atoms in total. The lowest BCUT2D eigenvalue weighted by atomic mass is 9.86. The minimum atomic E-state index is -0.445. The number of para-hydroxylation sites is 1. The summed E-state index contributed by atoms with van der Waals surface area (Å²) in [5.41, 5.74) is 9.34. The van der Waals surface area contributed by atoms with Crippen molar-refractivity contribution >= 4 is 11.8 Å². The van der Waals surface area contributed by atoms with Crippen LogP contribution in [0.25, 0.3) is 0 Å². The van der Waals surface area contributed by atoms with Gasteiger partial charge in [-0.3, -0.25) is 9.59 Å². The van der Waals surface area contributed by atoms with Crippen LogP contribution in [0.15, 0.2) is 35.5 Å². The normalized spacial score (nSPS) is 18.9. The van der Waals surface area contributed by atoms with E-state index in [0.29, 0.717) is 26.2 Å². The van der Waals surface area contributed by atoms with Crippen LogP contribution < -0.4 is 15.6 Å². The van der Waals surface area contributed by atoms with Crippen LogP contribution in [-0.4, -0.2) is 60.9 Å². The molecule has 0 aromatic heterocycles. The monoisotopic (exact) mass is 400 g/mol. The summed E-state index contributed by atoms with van der Waals surface area (Å²) in [5.74, 6) is 0.866. The van der Waals surface area contributed by atoms with E-state index in [9.17, 15) is 9.59 Å². The fraction of sp³-hybridized carbons (Fsp3) is 0.545. The molecule has 1 aromatic rings. The Balaban J connectivity index is 1.58. The van der Waals surface area contributed by atoms with E-state index in [2.05, 4.69) is 37.7 Å². The van der Waals surface area contributed by atoms with Crippen molar-refractivity contribution < 1.29 is 14.3 Å². The van der Waals surface area contributed by atoms with Crippen LogP contribution in [0.4, 0.5) is 0 Å². The van der Waals surface area contributed by atoms with Crippen LogP contribution in [0, 0.1) is 0 Å². The largest absolute Gasteiger partial charge is 0.491 e. The number of benzene rings is 1. The number of hydrogen-bond donors (Lipinski definition) is 2. The minimum Gasteiger partial charge on any atom is -0.491 e. The van der Waals surface area contributed by atoms with Crippen molar-refractivity contribution in [3.63, 3.8) is 0 Å². The molecule has 0 saturated carbocycles. The summed E-state index contributed by atoms with van der Waals surface area (Å²) in [7, 11) is 1.78. The Morgan fingerprint density at radius 3 is 2.69 bits per heavy atom. The number of carbonyl (C=O) groups excluding carboxylic acids is 2. The van der Waals surface area contributed by atoms with Crippen LogP contribution in [0.5, 0.6) is 5.75 Å². The molecular weight excluding hydrogens is 368 g/mol. The summed E-state index contributed by atoms with van der Waals surface area (Å²) in [4.78, 5) is 28.2. The lowest BCUT2D eigenvalue weighted by Crippen LogP contribution is -2.48. The van der Waals surface area contributed by atoms with E-state index in [1.165, 1.54) is 0 Å². The Morgan fingerprint density at radius 2 is 2.00 bits per heavy atom. The molecule has 0 bridgehead atoms. The fourth-order valence-corrected chi connectivity index (χ4v) is 3.76. The van der Waals surface area contributed by atoms with Gasteiger partial charge < -0.3 is 20.0 Å². The number of carbonyl (C=O) groups is 2. The minimum absolute atomic E-state index is 0.00973. The molecule has 1 unspecified atom stereocenters. The van der Waals surface area contributed by atoms with E-state index in [0.717, 1.165) is 29.0 Å². The van der Waals surface area contributed by atoms with Crippen molar-refractivity contribution in [1.29, 1.82) is 0 Å². The third-order valence-corrected chi connectivity index (χ3v) is 5.54. The molecule has 2 aliphatic heterocycles. The molecule has 2 heterocycles. The number of hydrazine groups is 1. The summed E-state index contributed by atoms with van der Waals surface area (Å²) >= 11 is 0. The zero-order valence-corrected chi connectivity index (χ0v) is 18.0. The first-order valence-electron chi connectivity index (χ1n) is 10.1. The van der Waals surface area contributed by atoms with Crippen molar-refractivity contribution in [2.75, 3.05) is 33.3 Å². The van der Waals surface area contributed by atoms with Gasteiger partial charge in [-0.1, -0.05) is 39.0 Å². The summed E-state index contributed by atoms with van der Waals surface area (Å²) in [6, 6.07) is 7.59. The van der Waals surface area contributed by atoms with Crippen molar-refractivity contribution in [3.8, 4) is 5.75 Å². The molecule has 7 heteroatoms. The molecule has 2 N–H and O–H groups in total. The number of nitrogens with zero attached hydrogens (tertiary/aromatic N) is 2. The van der Waals surface area contributed by atoms with Gasteiger partial charge in [-0.05, 0) is 22.6 Å². The molecule has 158 valence electrons. The van der Waals surface area contributed by atoms with E-state index in [1.54, 1.807) is 23.8 Å². The number of rotatable bonds is 5. The average Bonchev–Trinajstić information content (AvgIpc) is 3.10. The van der Waals surface area contributed by atoms with Crippen LogP contribution in [0.1, 0.15) is 39.7 Å². The number of hydrogen-bond acceptors (Lipinski definition) is 5. The van der Waals surface area contributed by atoms with Crippen molar-refractivity contribution in [3.05, 3.63) is 41.1 Å². The third kappa shape index (κ3) is 4.72. The Labute approximate surface area is 173 Å². The van der Waals surface area contributed by atoms with Gasteiger partial charge in [-0.15, -0.1) is 0 Å². The van der Waals surface area contributed by atoms with E-state index in [-0.39, 0.29) is 17.2 Å². The second-order valence-corrected chi connectivity index (χ2v) is 8.75. The summed E-state index contributed by atoms with van der Waals surface area (Å²) in [5, 5.41) is 0. The SMILES string of the molecule is CC(=O)N1CCC2=C(C1)C(C(=O)N(C)CCOc1ccccc1C(C)(C)C)NN2. The predicted octanol–water partition coefficient (Wildman–Crippen LogP) is 1.80. The Bertz CT molecular complexity index is 813. The molecule has 0 saturated heterocycles. The lowest BCUT2D eigenvalue weighted by Gasteiger charge is -2.29. The highest BCUT2D eigenvalue weighted by atomic mass is 16.5. The number of amides is 2. The zero-order valence-electron chi connectivity index (χ0n) is 18.0. The van der Waals surface area contributed by atoms with Gasteiger partial charge in [0.2, 0.25) is 11.8 Å². The second-order valence-electron chi connectivity index (χ2n) is 8.75. The van der Waals surface area contributed by atoms with Gasteiger partial charge >= 0.3 is 0 Å². The molecule has 29 heavy (non-hydrogen) atoms. The molecule has 2 amide bonds. The molecule has 0 aliphatic carbocycles. The van der Waals surface area contributed by atoms with Crippen molar-refractivity contribution in [2.24, 2.45) is 0 Å². The van der Waals surface area contributed by atoms with Crippen LogP contribution in [-0.2, 0) is 15.0 Å². The summed E-state index contributed by atoms with van der Waals surface area (Å²) in [6.45, 7) is 10.1. The highest BCUT2D eigenvalue weighted by Crippen LogP contribution is 2.31. The number of nitrogens with one attached hydrogen (secondary N) is 2. The molecule has 0 spiro atoms. The Morgan fingerprint density at radius 1 is 1.28 bits per heavy atom. The van der Waals surface area contributed by atoms with Crippen molar-refractivity contribution in [1.82, 2.24) is 20.7 Å². The highest BCUT2D eigenvalue weighted by Gasteiger charge is 2.36. The van der Waals surface area contributed by atoms with Gasteiger partial charge in [-0.25, -0.2) is 5.43 Å². The molecule has 0 radical (unpaired) electrons. The number of ether oxygens (including phenoxy) is 1. The fourth-order valence-electron chi connectivity index (χ4n) is 3.76. The van der Waals surface area contributed by atoms with Crippen LogP contribution in [0.2, 0.25) is 0 Å². The molecule has 1 atom stereocenters. The summed E-state index contributed by atoms with van der Waals surface area (Å²) in [6.07, 6.45) is 0.738. The maximum Gasteiger partial charge on any atom is 0.245 e. The molecule has 1 aromatic carbocycles. The van der Waals surface area contributed by atoms with E-state index >= 15 is 0 Å². The first-order valence-corrected chi connectivity index (χ1v) is 10.1. The van der Waals surface area contributed by atoms with Gasteiger partial charge in [0.05, 0.1) is 6.54 Å². The number of likely N-dealkylation sites (N-methyl/N-ethyl adjacent to an activating group) is 1. The summed E-state index contributed by atoms with van der Waals surface area (Å²) < 4.78 is 6.01. The van der Waals surface area contributed by atoms with Gasteiger partial charge in [0.25, 0.3) is 0 Å². The van der Waals surface area contributed by atoms with Crippen LogP contribution >= 0.6 is 0 Å². The first kappa shape index (κ1) is 21.2. The molecular formula is C22H32N4O3. The standard InChI is InChI=1S/C22H32N4O3/c1-15(27)26-11-10-18-16(14-26)20(24-23-18)21(28)25(5)12-13-29-19-9-7-6-8-17(19)22(2,3)4/h6-9,20,23-24H,10-14H2,1-5H3. The van der Waals surface area contributed by atoms with E-state index < -0.39 is 6.04 Å². The molecule has 0 fully saturated rings. The van der Waals surface area contributed by atoms with Gasteiger partial charge in [0.1, 0.15) is 18.4 Å². The maximum atomic E-state index is 13.0. The first-order chi connectivity index (χ1) is 13.7. The zero-order chi connectivity index (χ0) is 21.2. The Kier molecular flexibility index (Phi) is 6.17. The second kappa shape index (κ2) is 8.45. The third-order valence-electron chi connectivity index (χ3n) is 5.54. The molecule has 2 aliphatic rings. The maximum absolute atomic E-state index is 13.0. The quantitative estimate of drug-likeness (QED) is 0.789. The van der Waals surface area contributed by atoms with Crippen LogP contribution in [0.3, 0.4) is 0 Å². The van der Waals surface area contributed by atoms with Crippen molar-refractivity contribution in [2.45, 2.75) is 45.6 Å². The van der Waals surface area contributed by atoms with E-state index in [1.807, 2.05) is 18.2 Å². The average molecular weight is 401 g/mol. The van der Waals surface area contributed by atoms with Gasteiger partial charge in [0.15, 0.2) is 0 Å².